The van der Waals surface area contributed by atoms with Crippen LogP contribution in [-0.2, 0) is 11.3 Å². The second-order valence-electron chi connectivity index (χ2n) is 7.55. The SMILES string of the molecule is Cc1ccc(Sc2ccc(/C=C3\SC(=O)N(Cc4ccccc4[N+](=O)[O-])C3=O)cc2[N+](=O)[O-])cc1. The van der Waals surface area contributed by atoms with E-state index in [1.165, 1.54) is 42.1 Å². The summed E-state index contributed by atoms with van der Waals surface area (Å²) in [5.41, 5.74) is 1.39. The van der Waals surface area contributed by atoms with Crippen molar-refractivity contribution in [1.29, 1.82) is 0 Å². The summed E-state index contributed by atoms with van der Waals surface area (Å²) in [6.45, 7) is 1.71. The van der Waals surface area contributed by atoms with Gasteiger partial charge in [0.15, 0.2) is 0 Å². The molecule has 0 aliphatic carbocycles. The van der Waals surface area contributed by atoms with Crippen molar-refractivity contribution in [2.45, 2.75) is 23.3 Å². The van der Waals surface area contributed by atoms with E-state index in [-0.39, 0.29) is 28.4 Å². The Morgan fingerprint density at radius 3 is 2.31 bits per heavy atom. The van der Waals surface area contributed by atoms with Gasteiger partial charge in [-0.1, -0.05) is 53.7 Å². The van der Waals surface area contributed by atoms with Gasteiger partial charge >= 0.3 is 0 Å². The summed E-state index contributed by atoms with van der Waals surface area (Å²) in [4.78, 5) is 49.5. The quantitative estimate of drug-likeness (QED) is 0.210. The first kappa shape index (κ1) is 24.2. The lowest BCUT2D eigenvalue weighted by atomic mass is 10.1. The monoisotopic (exact) mass is 507 g/mol. The van der Waals surface area contributed by atoms with Crippen LogP contribution >= 0.6 is 23.5 Å². The molecule has 1 saturated heterocycles. The number of rotatable bonds is 7. The molecule has 9 nitrogen and oxygen atoms in total. The molecule has 0 radical (unpaired) electrons. The number of nitro groups is 2. The molecular weight excluding hydrogens is 490 g/mol. The van der Waals surface area contributed by atoms with E-state index in [4.69, 9.17) is 0 Å². The second kappa shape index (κ2) is 10.1. The first-order valence-electron chi connectivity index (χ1n) is 10.2. The molecule has 1 fully saturated rings. The molecule has 0 unspecified atom stereocenters. The molecule has 3 aromatic rings. The van der Waals surface area contributed by atoms with Gasteiger partial charge in [-0.05, 0) is 48.5 Å². The van der Waals surface area contributed by atoms with Gasteiger partial charge in [0.2, 0.25) is 0 Å². The van der Waals surface area contributed by atoms with Gasteiger partial charge in [-0.25, -0.2) is 0 Å². The third-order valence-electron chi connectivity index (χ3n) is 5.12. The molecule has 2 amide bonds. The number of nitrogens with zero attached hydrogens (tertiary/aromatic N) is 3. The Hall–Kier alpha value is -3.96. The minimum atomic E-state index is -0.612. The molecule has 1 aliphatic rings. The molecular formula is C24H17N3O6S2. The number of carbonyl (C=O) groups is 2. The number of thioether (sulfide) groups is 1. The third kappa shape index (κ3) is 5.42. The zero-order valence-corrected chi connectivity index (χ0v) is 19.9. The smallest absolute Gasteiger partial charge is 0.268 e. The minimum Gasteiger partial charge on any atom is -0.268 e. The summed E-state index contributed by atoms with van der Waals surface area (Å²) < 4.78 is 0. The molecule has 1 aliphatic heterocycles. The topological polar surface area (TPSA) is 124 Å². The fraction of sp³-hybridized carbons (Fsp3) is 0.0833. The molecule has 0 bridgehead atoms. The zero-order chi connectivity index (χ0) is 25.1. The average Bonchev–Trinajstić information content (AvgIpc) is 3.08. The molecule has 0 atom stereocenters. The number of aryl methyl sites for hydroxylation is 1. The van der Waals surface area contributed by atoms with Gasteiger partial charge in [-0.15, -0.1) is 0 Å². The van der Waals surface area contributed by atoms with Crippen LogP contribution in [0.25, 0.3) is 6.08 Å². The maximum Gasteiger partial charge on any atom is 0.293 e. The molecule has 3 aromatic carbocycles. The minimum absolute atomic E-state index is 0.0850. The van der Waals surface area contributed by atoms with Crippen molar-refractivity contribution in [2.24, 2.45) is 0 Å². The number of imide groups is 1. The van der Waals surface area contributed by atoms with E-state index in [1.54, 1.807) is 18.2 Å². The van der Waals surface area contributed by atoms with E-state index in [2.05, 4.69) is 0 Å². The van der Waals surface area contributed by atoms with Crippen molar-refractivity contribution in [1.82, 2.24) is 4.90 Å². The summed E-state index contributed by atoms with van der Waals surface area (Å²) in [5, 5.41) is 22.4. The van der Waals surface area contributed by atoms with Crippen LogP contribution in [0.3, 0.4) is 0 Å². The maximum atomic E-state index is 12.9. The number of hydrogen-bond donors (Lipinski definition) is 0. The Morgan fingerprint density at radius 2 is 1.63 bits per heavy atom. The van der Waals surface area contributed by atoms with Gasteiger partial charge in [0.25, 0.3) is 22.5 Å². The van der Waals surface area contributed by atoms with Gasteiger partial charge in [0.1, 0.15) is 0 Å². The molecule has 4 rings (SSSR count). The number of benzene rings is 3. The fourth-order valence-corrected chi connectivity index (χ4v) is 5.11. The highest BCUT2D eigenvalue weighted by Gasteiger charge is 2.36. The largest absolute Gasteiger partial charge is 0.293 e. The Labute approximate surface area is 208 Å². The van der Waals surface area contributed by atoms with Crippen molar-refractivity contribution in [3.63, 3.8) is 0 Å². The zero-order valence-electron chi connectivity index (χ0n) is 18.2. The van der Waals surface area contributed by atoms with E-state index < -0.39 is 21.0 Å². The van der Waals surface area contributed by atoms with Crippen molar-refractivity contribution < 1.29 is 19.4 Å². The van der Waals surface area contributed by atoms with Crippen molar-refractivity contribution >= 4 is 52.1 Å². The summed E-state index contributed by atoms with van der Waals surface area (Å²) in [5.74, 6) is -0.612. The van der Waals surface area contributed by atoms with Crippen LogP contribution < -0.4 is 0 Å². The summed E-state index contributed by atoms with van der Waals surface area (Å²) in [7, 11) is 0. The number of amides is 2. The molecule has 11 heteroatoms. The van der Waals surface area contributed by atoms with Gasteiger partial charge in [0.05, 0.1) is 26.2 Å². The van der Waals surface area contributed by atoms with E-state index in [0.29, 0.717) is 22.2 Å². The lowest BCUT2D eigenvalue weighted by Crippen LogP contribution is -2.27. The molecule has 1 heterocycles. The highest BCUT2D eigenvalue weighted by Crippen LogP contribution is 2.38. The Bertz CT molecular complexity index is 1390. The number of nitro benzene ring substituents is 2. The molecule has 0 aromatic heterocycles. The summed E-state index contributed by atoms with van der Waals surface area (Å²) in [6.07, 6.45) is 1.41. The summed E-state index contributed by atoms with van der Waals surface area (Å²) in [6, 6.07) is 18.1. The first-order chi connectivity index (χ1) is 16.7. The van der Waals surface area contributed by atoms with Crippen LogP contribution in [-0.4, -0.2) is 25.9 Å². The molecule has 176 valence electrons. The van der Waals surface area contributed by atoms with Crippen LogP contribution in [0.4, 0.5) is 16.2 Å². The van der Waals surface area contributed by atoms with Gasteiger partial charge in [0, 0.05) is 22.6 Å². The van der Waals surface area contributed by atoms with Gasteiger partial charge in [-0.2, -0.15) is 0 Å². The van der Waals surface area contributed by atoms with Gasteiger partial charge in [-0.3, -0.25) is 34.7 Å². The number of carbonyl (C=O) groups excluding carboxylic acids is 2. The second-order valence-corrected chi connectivity index (χ2v) is 9.66. The predicted octanol–water partition coefficient (Wildman–Crippen LogP) is 6.20. The van der Waals surface area contributed by atoms with Crippen LogP contribution in [0.2, 0.25) is 0 Å². The van der Waals surface area contributed by atoms with E-state index >= 15 is 0 Å². The molecule has 0 saturated carbocycles. The lowest BCUT2D eigenvalue weighted by molar-refractivity contribution is -0.387. The maximum absolute atomic E-state index is 12.9. The average molecular weight is 508 g/mol. The highest BCUT2D eigenvalue weighted by atomic mass is 32.2. The lowest BCUT2D eigenvalue weighted by Gasteiger charge is -2.12. The third-order valence-corrected chi connectivity index (χ3v) is 7.10. The van der Waals surface area contributed by atoms with Crippen molar-refractivity contribution in [3.05, 3.63) is 109 Å². The van der Waals surface area contributed by atoms with Crippen LogP contribution in [0, 0.1) is 27.2 Å². The van der Waals surface area contributed by atoms with Crippen LogP contribution in [0.15, 0.2) is 81.4 Å². The van der Waals surface area contributed by atoms with Crippen molar-refractivity contribution in [3.8, 4) is 0 Å². The normalized spacial score (nSPS) is 14.5. The highest BCUT2D eigenvalue weighted by molar-refractivity contribution is 8.18. The molecule has 0 spiro atoms. The van der Waals surface area contributed by atoms with Gasteiger partial charge < -0.3 is 0 Å². The summed E-state index contributed by atoms with van der Waals surface area (Å²) >= 11 is 1.94. The Kier molecular flexibility index (Phi) is 6.99. The van der Waals surface area contributed by atoms with Crippen molar-refractivity contribution in [2.75, 3.05) is 0 Å². The van der Waals surface area contributed by atoms with Crippen LogP contribution in [0.1, 0.15) is 16.7 Å². The van der Waals surface area contributed by atoms with E-state index in [1.807, 2.05) is 31.2 Å². The standard InChI is InChI=1S/C24H17N3O6S2/c1-15-6-9-18(10-7-15)34-21-11-8-16(12-20(21)27(32)33)13-22-23(28)25(24(29)35-22)14-17-4-2-3-5-19(17)26(30)31/h2-13H,14H2,1H3/b22-13-. The number of hydrogen-bond acceptors (Lipinski definition) is 8. The van der Waals surface area contributed by atoms with Crippen LogP contribution in [0.5, 0.6) is 0 Å². The first-order valence-corrected chi connectivity index (χ1v) is 11.9. The Balaban J connectivity index is 1.58. The predicted molar refractivity (Wildman–Crippen MR) is 133 cm³/mol. The van der Waals surface area contributed by atoms with E-state index in [0.717, 1.165) is 15.4 Å². The molecule has 35 heavy (non-hydrogen) atoms. The van der Waals surface area contributed by atoms with E-state index in [9.17, 15) is 29.8 Å². The fourth-order valence-electron chi connectivity index (χ4n) is 3.37. The molecule has 0 N–H and O–H groups in total. The Morgan fingerprint density at radius 1 is 0.943 bits per heavy atom. The number of para-hydroxylation sites is 1.